The third kappa shape index (κ3) is 5.76. The van der Waals surface area contributed by atoms with Crippen LogP contribution in [0.3, 0.4) is 0 Å². The largest absolute Gasteiger partial charge is 0.507 e. The summed E-state index contributed by atoms with van der Waals surface area (Å²) in [4.78, 5) is 27.0. The zero-order valence-corrected chi connectivity index (χ0v) is 16.8. The average Bonchev–Trinajstić information content (AvgIpc) is 2.67. The molecule has 3 N–H and O–H groups in total. The number of carbonyl (C=O) groups is 2. The Morgan fingerprint density at radius 1 is 1.03 bits per heavy atom. The van der Waals surface area contributed by atoms with E-state index in [1.165, 1.54) is 24.6 Å². The van der Waals surface area contributed by atoms with Crippen LogP contribution in [0.5, 0.6) is 5.75 Å². The van der Waals surface area contributed by atoms with E-state index in [0.29, 0.717) is 6.07 Å². The highest BCUT2D eigenvalue weighted by Crippen LogP contribution is 2.23. The number of phenols is 1. The van der Waals surface area contributed by atoms with Crippen molar-refractivity contribution in [2.45, 2.75) is 32.2 Å². The van der Waals surface area contributed by atoms with Crippen molar-refractivity contribution in [3.63, 3.8) is 0 Å². The number of nitrogens with one attached hydrogen (secondary N) is 2. The number of piperidine rings is 1. The van der Waals surface area contributed by atoms with Gasteiger partial charge in [-0.05, 0) is 57.1 Å². The molecular formula is C22H25F2N3O3. The Kier molecular flexibility index (Phi) is 6.99. The molecule has 3 rings (SSSR count). The molecule has 0 radical (unpaired) electrons. The topological polar surface area (TPSA) is 81.7 Å². The molecule has 8 heteroatoms. The Balaban J connectivity index is 1.61. The molecule has 0 saturated carbocycles. The summed E-state index contributed by atoms with van der Waals surface area (Å²) in [7, 11) is 0. The fourth-order valence-corrected chi connectivity index (χ4v) is 3.57. The normalized spacial score (nSPS) is 15.4. The second-order valence-electron chi connectivity index (χ2n) is 7.58. The van der Waals surface area contributed by atoms with Crippen molar-refractivity contribution in [1.82, 2.24) is 10.2 Å². The zero-order chi connectivity index (χ0) is 21.7. The molecule has 2 aromatic carbocycles. The number of aromatic hydroxyl groups is 1. The number of hydrogen-bond acceptors (Lipinski definition) is 4. The van der Waals surface area contributed by atoms with Gasteiger partial charge in [0.2, 0.25) is 0 Å². The van der Waals surface area contributed by atoms with Crippen molar-refractivity contribution in [1.29, 1.82) is 0 Å². The molecule has 1 aliphatic heterocycles. The number of amides is 2. The van der Waals surface area contributed by atoms with Gasteiger partial charge in [-0.1, -0.05) is 6.42 Å². The van der Waals surface area contributed by atoms with Crippen LogP contribution in [0.2, 0.25) is 0 Å². The van der Waals surface area contributed by atoms with E-state index in [2.05, 4.69) is 15.5 Å². The molecule has 1 heterocycles. The fraction of sp³-hybridized carbons (Fsp3) is 0.364. The number of hydrogen-bond donors (Lipinski definition) is 3. The maximum Gasteiger partial charge on any atom is 0.255 e. The van der Waals surface area contributed by atoms with Crippen LogP contribution >= 0.6 is 0 Å². The number of anilines is 1. The van der Waals surface area contributed by atoms with Crippen LogP contribution in [0, 0.1) is 11.6 Å². The van der Waals surface area contributed by atoms with Gasteiger partial charge in [-0.2, -0.15) is 0 Å². The van der Waals surface area contributed by atoms with Gasteiger partial charge in [0.05, 0.1) is 5.56 Å². The van der Waals surface area contributed by atoms with Gasteiger partial charge >= 0.3 is 0 Å². The van der Waals surface area contributed by atoms with Crippen molar-refractivity contribution >= 4 is 17.5 Å². The predicted octanol–water partition coefficient (Wildman–Crippen LogP) is 3.53. The Morgan fingerprint density at radius 2 is 1.70 bits per heavy atom. The van der Waals surface area contributed by atoms with E-state index in [-0.39, 0.29) is 28.6 Å². The molecule has 0 aromatic heterocycles. The first-order valence-electron chi connectivity index (χ1n) is 9.95. The number of rotatable bonds is 6. The minimum Gasteiger partial charge on any atom is -0.507 e. The minimum absolute atomic E-state index is 0.0790. The minimum atomic E-state index is -0.867. The number of carbonyl (C=O) groups excluding carboxylic acids is 2. The smallest absolute Gasteiger partial charge is 0.255 e. The highest BCUT2D eigenvalue weighted by Gasteiger charge is 2.18. The summed E-state index contributed by atoms with van der Waals surface area (Å²) in [6, 6.07) is 6.45. The number of nitrogens with zero attached hydrogens (tertiary/aromatic N) is 1. The quantitative estimate of drug-likeness (QED) is 0.672. The van der Waals surface area contributed by atoms with Crippen molar-refractivity contribution in [3.05, 3.63) is 59.2 Å². The third-order valence-corrected chi connectivity index (χ3v) is 4.98. The summed E-state index contributed by atoms with van der Waals surface area (Å²) in [6.07, 6.45) is 3.57. The lowest BCUT2D eigenvalue weighted by Crippen LogP contribution is -2.43. The molecule has 1 unspecified atom stereocenters. The SMILES string of the molecule is CC(CN1CCCCC1)NC(=O)c1ccc(NC(=O)c2cc(F)cc(F)c2)cc1O. The van der Waals surface area contributed by atoms with Crippen molar-refractivity contribution in [2.75, 3.05) is 25.0 Å². The molecule has 1 fully saturated rings. The molecule has 1 aliphatic rings. The zero-order valence-electron chi connectivity index (χ0n) is 16.8. The van der Waals surface area contributed by atoms with E-state index in [0.717, 1.165) is 44.6 Å². The van der Waals surface area contributed by atoms with Gasteiger partial charge in [0, 0.05) is 36.0 Å². The molecule has 2 amide bonds. The molecular weight excluding hydrogens is 392 g/mol. The molecule has 2 aromatic rings. The van der Waals surface area contributed by atoms with Gasteiger partial charge in [-0.15, -0.1) is 0 Å². The van der Waals surface area contributed by atoms with Crippen LogP contribution in [0.1, 0.15) is 46.9 Å². The molecule has 30 heavy (non-hydrogen) atoms. The van der Waals surface area contributed by atoms with E-state index >= 15 is 0 Å². The van der Waals surface area contributed by atoms with Gasteiger partial charge in [0.25, 0.3) is 11.8 Å². The van der Waals surface area contributed by atoms with Crippen LogP contribution in [0.25, 0.3) is 0 Å². The van der Waals surface area contributed by atoms with Gasteiger partial charge in [0.15, 0.2) is 0 Å². The first-order valence-corrected chi connectivity index (χ1v) is 9.95. The number of halogens is 2. The summed E-state index contributed by atoms with van der Waals surface area (Å²) in [5, 5.41) is 15.5. The van der Waals surface area contributed by atoms with E-state index in [9.17, 15) is 23.5 Å². The molecule has 160 valence electrons. The summed E-state index contributed by atoms with van der Waals surface area (Å²) in [5.41, 5.74) is 0.0794. The Morgan fingerprint density at radius 3 is 2.33 bits per heavy atom. The second kappa shape index (κ2) is 9.67. The first kappa shape index (κ1) is 21.7. The molecule has 6 nitrogen and oxygen atoms in total. The van der Waals surface area contributed by atoms with Gasteiger partial charge < -0.3 is 20.6 Å². The van der Waals surface area contributed by atoms with Gasteiger partial charge in [0.1, 0.15) is 17.4 Å². The molecule has 0 aliphatic carbocycles. The number of phenolic OH excluding ortho intramolecular Hbond substituents is 1. The van der Waals surface area contributed by atoms with E-state index in [1.54, 1.807) is 0 Å². The van der Waals surface area contributed by atoms with Crippen LogP contribution in [0.4, 0.5) is 14.5 Å². The van der Waals surface area contributed by atoms with Gasteiger partial charge in [-0.25, -0.2) is 8.78 Å². The monoisotopic (exact) mass is 417 g/mol. The van der Waals surface area contributed by atoms with E-state index in [1.807, 2.05) is 6.92 Å². The molecule has 0 bridgehead atoms. The maximum absolute atomic E-state index is 13.3. The lowest BCUT2D eigenvalue weighted by atomic mass is 10.1. The Hall–Kier alpha value is -3.00. The third-order valence-electron chi connectivity index (χ3n) is 4.98. The summed E-state index contributed by atoms with van der Waals surface area (Å²) >= 11 is 0. The number of benzene rings is 2. The summed E-state index contributed by atoms with van der Waals surface area (Å²) < 4.78 is 26.6. The summed E-state index contributed by atoms with van der Waals surface area (Å²) in [5.74, 6) is -3.19. The maximum atomic E-state index is 13.3. The van der Waals surface area contributed by atoms with E-state index < -0.39 is 23.4 Å². The average molecular weight is 417 g/mol. The first-order chi connectivity index (χ1) is 14.3. The van der Waals surface area contributed by atoms with Crippen LogP contribution in [-0.2, 0) is 0 Å². The van der Waals surface area contributed by atoms with Crippen molar-refractivity contribution in [3.8, 4) is 5.75 Å². The Labute approximate surface area is 173 Å². The fourth-order valence-electron chi connectivity index (χ4n) is 3.57. The summed E-state index contributed by atoms with van der Waals surface area (Å²) in [6.45, 7) is 4.70. The molecule has 0 spiro atoms. The van der Waals surface area contributed by atoms with Crippen LogP contribution < -0.4 is 10.6 Å². The highest BCUT2D eigenvalue weighted by molar-refractivity contribution is 6.05. The van der Waals surface area contributed by atoms with E-state index in [4.69, 9.17) is 0 Å². The standard InChI is InChI=1S/C22H25F2N3O3/c1-14(13-27-7-3-2-4-8-27)25-22(30)19-6-5-18(12-20(19)28)26-21(29)15-9-16(23)11-17(24)10-15/h5-6,9-12,14,28H,2-4,7-8,13H2,1H3,(H,25,30)(H,26,29). The van der Waals surface area contributed by atoms with Gasteiger partial charge in [-0.3, -0.25) is 9.59 Å². The highest BCUT2D eigenvalue weighted by atomic mass is 19.1. The van der Waals surface area contributed by atoms with Crippen molar-refractivity contribution in [2.24, 2.45) is 0 Å². The molecule has 1 atom stereocenters. The lowest BCUT2D eigenvalue weighted by molar-refractivity contribution is 0.0922. The molecule has 1 saturated heterocycles. The second-order valence-corrected chi connectivity index (χ2v) is 7.58. The number of likely N-dealkylation sites (tertiary alicyclic amines) is 1. The lowest BCUT2D eigenvalue weighted by Gasteiger charge is -2.29. The Bertz CT molecular complexity index is 910. The predicted molar refractivity (Wildman–Crippen MR) is 110 cm³/mol. The van der Waals surface area contributed by atoms with Crippen molar-refractivity contribution < 1.29 is 23.5 Å². The van der Waals surface area contributed by atoms with Crippen LogP contribution in [-0.4, -0.2) is 47.5 Å². The van der Waals surface area contributed by atoms with Crippen LogP contribution in [0.15, 0.2) is 36.4 Å².